The predicted octanol–water partition coefficient (Wildman–Crippen LogP) is 3.06. The number of ether oxygens (including phenoxy) is 1. The van der Waals surface area contributed by atoms with Gasteiger partial charge in [0.25, 0.3) is 0 Å². The van der Waals surface area contributed by atoms with E-state index in [-0.39, 0.29) is 12.0 Å². The zero-order chi connectivity index (χ0) is 17.5. The van der Waals surface area contributed by atoms with E-state index < -0.39 is 17.6 Å². The largest absolute Gasteiger partial charge is 0.491 e. The van der Waals surface area contributed by atoms with E-state index in [1.54, 1.807) is 11.6 Å². The van der Waals surface area contributed by atoms with Crippen molar-refractivity contribution in [2.75, 3.05) is 18.2 Å². The average Bonchev–Trinajstić information content (AvgIpc) is 2.71. The van der Waals surface area contributed by atoms with Gasteiger partial charge in [0.05, 0.1) is 13.2 Å². The highest BCUT2D eigenvalue weighted by molar-refractivity contribution is 5.61. The molecule has 2 heterocycles. The van der Waals surface area contributed by atoms with Crippen LogP contribution in [0.5, 0.6) is 5.75 Å². The Bertz CT molecular complexity index is 754. The SMILES string of the molecule is COc1c(C)nn(C2CCC2)c1Nc1ncc(C(F)(F)F)c(N)n1. The van der Waals surface area contributed by atoms with Crippen LogP contribution in [0.1, 0.15) is 36.6 Å². The first kappa shape index (κ1) is 16.3. The monoisotopic (exact) mass is 342 g/mol. The van der Waals surface area contributed by atoms with E-state index in [1.807, 2.05) is 0 Å². The molecule has 3 rings (SSSR count). The maximum atomic E-state index is 12.7. The minimum absolute atomic E-state index is 0.0423. The number of alkyl halides is 3. The van der Waals surface area contributed by atoms with Crippen molar-refractivity contribution in [1.82, 2.24) is 19.7 Å². The Morgan fingerprint density at radius 2 is 2.08 bits per heavy atom. The standard InChI is InChI=1S/C14H17F3N6O/c1-7-10(24-2)12(23(22-7)8-4-3-5-8)21-13-19-6-9(11(18)20-13)14(15,16)17/h6,8H,3-5H2,1-2H3,(H3,18,19,20,21). The maximum Gasteiger partial charge on any atom is 0.421 e. The van der Waals surface area contributed by atoms with E-state index in [9.17, 15) is 13.2 Å². The van der Waals surface area contributed by atoms with Gasteiger partial charge in [0.1, 0.15) is 17.1 Å². The second-order valence-electron chi connectivity index (χ2n) is 5.61. The zero-order valence-corrected chi connectivity index (χ0v) is 13.2. The van der Waals surface area contributed by atoms with Crippen LogP contribution in [-0.4, -0.2) is 26.9 Å². The summed E-state index contributed by atoms with van der Waals surface area (Å²) in [4.78, 5) is 7.41. The molecule has 0 bridgehead atoms. The number of nitrogens with one attached hydrogen (secondary N) is 1. The first-order valence-electron chi connectivity index (χ1n) is 7.41. The molecule has 24 heavy (non-hydrogen) atoms. The van der Waals surface area contributed by atoms with Crippen LogP contribution in [0.15, 0.2) is 6.20 Å². The van der Waals surface area contributed by atoms with Gasteiger partial charge in [0.2, 0.25) is 5.95 Å². The van der Waals surface area contributed by atoms with Gasteiger partial charge in [-0.3, -0.25) is 0 Å². The number of aromatic nitrogens is 4. The van der Waals surface area contributed by atoms with Gasteiger partial charge >= 0.3 is 6.18 Å². The number of nitrogen functional groups attached to an aromatic ring is 1. The van der Waals surface area contributed by atoms with Gasteiger partial charge < -0.3 is 15.8 Å². The fourth-order valence-corrected chi connectivity index (χ4v) is 2.57. The fourth-order valence-electron chi connectivity index (χ4n) is 2.57. The van der Waals surface area contributed by atoms with Crippen molar-refractivity contribution in [3.63, 3.8) is 0 Å². The highest BCUT2D eigenvalue weighted by atomic mass is 19.4. The minimum Gasteiger partial charge on any atom is -0.491 e. The number of rotatable bonds is 4. The van der Waals surface area contributed by atoms with Crippen molar-refractivity contribution >= 4 is 17.6 Å². The molecular weight excluding hydrogens is 325 g/mol. The van der Waals surface area contributed by atoms with E-state index in [0.29, 0.717) is 23.5 Å². The van der Waals surface area contributed by atoms with Crippen LogP contribution in [0.25, 0.3) is 0 Å². The van der Waals surface area contributed by atoms with Gasteiger partial charge in [-0.15, -0.1) is 0 Å². The van der Waals surface area contributed by atoms with Gasteiger partial charge in [-0.05, 0) is 26.2 Å². The Balaban J connectivity index is 1.95. The number of halogens is 3. The molecule has 1 saturated carbocycles. The number of anilines is 3. The summed E-state index contributed by atoms with van der Waals surface area (Å²) in [5.74, 6) is 0.340. The molecule has 0 aliphatic heterocycles. The van der Waals surface area contributed by atoms with Crippen LogP contribution < -0.4 is 15.8 Å². The Hall–Kier alpha value is -2.52. The minimum atomic E-state index is -4.59. The molecule has 10 heteroatoms. The molecule has 1 fully saturated rings. The lowest BCUT2D eigenvalue weighted by atomic mass is 9.93. The fraction of sp³-hybridized carbons (Fsp3) is 0.500. The summed E-state index contributed by atoms with van der Waals surface area (Å²) in [6.07, 6.45) is -0.863. The lowest BCUT2D eigenvalue weighted by Crippen LogP contribution is -2.20. The van der Waals surface area contributed by atoms with Gasteiger partial charge in [-0.25, -0.2) is 9.67 Å². The molecule has 0 amide bonds. The molecule has 2 aromatic rings. The Labute approximate surface area is 136 Å². The molecule has 0 unspecified atom stereocenters. The topological polar surface area (TPSA) is 90.9 Å². The first-order chi connectivity index (χ1) is 11.3. The zero-order valence-electron chi connectivity index (χ0n) is 13.2. The molecule has 0 saturated heterocycles. The molecule has 0 radical (unpaired) electrons. The summed E-state index contributed by atoms with van der Waals surface area (Å²) in [5.41, 5.74) is 5.01. The summed E-state index contributed by atoms with van der Waals surface area (Å²) < 4.78 is 45.3. The van der Waals surface area contributed by atoms with Crippen molar-refractivity contribution in [2.24, 2.45) is 0 Å². The smallest absolute Gasteiger partial charge is 0.421 e. The molecule has 0 aromatic carbocycles. The van der Waals surface area contributed by atoms with Crippen molar-refractivity contribution in [3.05, 3.63) is 17.5 Å². The van der Waals surface area contributed by atoms with Gasteiger partial charge in [0.15, 0.2) is 11.6 Å². The molecule has 0 atom stereocenters. The van der Waals surface area contributed by atoms with Crippen molar-refractivity contribution < 1.29 is 17.9 Å². The molecule has 2 aromatic heterocycles. The number of hydrogen-bond acceptors (Lipinski definition) is 6. The molecule has 1 aliphatic rings. The second-order valence-corrected chi connectivity index (χ2v) is 5.61. The number of methoxy groups -OCH3 is 1. The highest BCUT2D eigenvalue weighted by Crippen LogP contribution is 2.40. The van der Waals surface area contributed by atoms with Gasteiger partial charge in [-0.1, -0.05) is 0 Å². The van der Waals surface area contributed by atoms with Gasteiger partial charge in [-0.2, -0.15) is 23.3 Å². The summed E-state index contributed by atoms with van der Waals surface area (Å²) in [6, 6.07) is 0.224. The molecule has 0 spiro atoms. The molecule has 1 aliphatic carbocycles. The Morgan fingerprint density at radius 3 is 2.58 bits per heavy atom. The van der Waals surface area contributed by atoms with E-state index in [2.05, 4.69) is 20.4 Å². The third-order valence-electron chi connectivity index (χ3n) is 4.01. The quantitative estimate of drug-likeness (QED) is 0.887. The average molecular weight is 342 g/mol. The van der Waals surface area contributed by atoms with Crippen molar-refractivity contribution in [2.45, 2.75) is 38.4 Å². The summed E-state index contributed by atoms with van der Waals surface area (Å²) >= 11 is 0. The summed E-state index contributed by atoms with van der Waals surface area (Å²) in [6.45, 7) is 1.79. The van der Waals surface area contributed by atoms with Crippen LogP contribution in [0.2, 0.25) is 0 Å². The number of hydrogen-bond donors (Lipinski definition) is 2. The molecular formula is C14H17F3N6O. The van der Waals surface area contributed by atoms with Crippen molar-refractivity contribution in [1.29, 1.82) is 0 Å². The van der Waals surface area contributed by atoms with E-state index in [0.717, 1.165) is 19.3 Å². The van der Waals surface area contributed by atoms with Crippen LogP contribution in [0, 0.1) is 6.92 Å². The van der Waals surface area contributed by atoms with Crippen LogP contribution in [0.3, 0.4) is 0 Å². The maximum absolute atomic E-state index is 12.7. The lowest BCUT2D eigenvalue weighted by Gasteiger charge is -2.27. The van der Waals surface area contributed by atoms with E-state index in [4.69, 9.17) is 10.5 Å². The predicted molar refractivity (Wildman–Crippen MR) is 81.1 cm³/mol. The third-order valence-corrected chi connectivity index (χ3v) is 4.01. The van der Waals surface area contributed by atoms with Crippen molar-refractivity contribution in [3.8, 4) is 5.75 Å². The third kappa shape index (κ3) is 2.83. The Kier molecular flexibility index (Phi) is 3.98. The first-order valence-corrected chi connectivity index (χ1v) is 7.41. The lowest BCUT2D eigenvalue weighted by molar-refractivity contribution is -0.137. The molecule has 130 valence electrons. The number of nitrogens with two attached hydrogens (primary N) is 1. The van der Waals surface area contributed by atoms with E-state index in [1.165, 1.54) is 7.11 Å². The summed E-state index contributed by atoms with van der Waals surface area (Å²) in [5, 5.41) is 7.33. The summed E-state index contributed by atoms with van der Waals surface area (Å²) in [7, 11) is 1.50. The molecule has 3 N–H and O–H groups in total. The highest BCUT2D eigenvalue weighted by Gasteiger charge is 2.34. The normalized spacial score (nSPS) is 15.2. The number of aryl methyl sites for hydroxylation is 1. The van der Waals surface area contributed by atoms with Crippen LogP contribution in [0.4, 0.5) is 30.8 Å². The Morgan fingerprint density at radius 1 is 1.38 bits per heavy atom. The van der Waals surface area contributed by atoms with Gasteiger partial charge in [0, 0.05) is 6.20 Å². The number of nitrogens with zero attached hydrogens (tertiary/aromatic N) is 4. The van der Waals surface area contributed by atoms with Crippen LogP contribution in [-0.2, 0) is 6.18 Å². The second kappa shape index (κ2) is 5.84. The van der Waals surface area contributed by atoms with E-state index >= 15 is 0 Å². The molecule has 7 nitrogen and oxygen atoms in total. The van der Waals surface area contributed by atoms with Crippen LogP contribution >= 0.6 is 0 Å².